The van der Waals surface area contributed by atoms with Crippen molar-refractivity contribution in [3.8, 4) is 0 Å². The number of ether oxygens (including phenoxy) is 3. The maximum Gasteiger partial charge on any atom is 0.306 e. The van der Waals surface area contributed by atoms with Crippen molar-refractivity contribution in [1.82, 2.24) is 5.32 Å². The molecule has 0 saturated carbocycles. The Labute approximate surface area is 148 Å². The minimum atomic E-state index is -0.585. The quantitative estimate of drug-likeness (QED) is 0.403. The third kappa shape index (κ3) is 9.81. The minimum absolute atomic E-state index is 0.0283. The summed E-state index contributed by atoms with van der Waals surface area (Å²) >= 11 is 0. The van der Waals surface area contributed by atoms with Crippen molar-refractivity contribution >= 4 is 11.9 Å². The van der Waals surface area contributed by atoms with E-state index in [0.717, 1.165) is 5.56 Å². The molecular weight excluding hydrogens is 324 g/mol. The molecule has 0 bridgehead atoms. The Morgan fingerprint density at radius 3 is 2.60 bits per heavy atom. The molecule has 0 spiro atoms. The highest BCUT2D eigenvalue weighted by Gasteiger charge is 2.21. The standard InChI is InChI=1S/C18H28N2O5/c1-23-10-11-24-9-5-8-20-18(22)16(13-19)12-17(21)25-14-15-6-3-2-4-7-15/h2-4,6-7,16H,5,8-14,19H2,1H3,(H,20,22). The van der Waals surface area contributed by atoms with E-state index in [1.165, 1.54) is 0 Å². The van der Waals surface area contributed by atoms with Crippen molar-refractivity contribution in [2.24, 2.45) is 11.7 Å². The zero-order chi connectivity index (χ0) is 18.3. The summed E-state index contributed by atoms with van der Waals surface area (Å²) in [5, 5.41) is 2.77. The first-order valence-electron chi connectivity index (χ1n) is 8.41. The third-order valence-electron chi connectivity index (χ3n) is 3.51. The number of nitrogens with two attached hydrogens (primary N) is 1. The van der Waals surface area contributed by atoms with Gasteiger partial charge >= 0.3 is 5.97 Å². The van der Waals surface area contributed by atoms with Crippen LogP contribution in [-0.2, 0) is 30.4 Å². The lowest BCUT2D eigenvalue weighted by Crippen LogP contribution is -2.37. The molecule has 7 heteroatoms. The van der Waals surface area contributed by atoms with E-state index < -0.39 is 11.9 Å². The molecular formula is C18H28N2O5. The smallest absolute Gasteiger partial charge is 0.306 e. The topological polar surface area (TPSA) is 99.9 Å². The van der Waals surface area contributed by atoms with Crippen LogP contribution in [0, 0.1) is 5.92 Å². The van der Waals surface area contributed by atoms with E-state index in [-0.39, 0.29) is 25.5 Å². The molecule has 1 amide bonds. The first kappa shape index (κ1) is 21.1. The van der Waals surface area contributed by atoms with Crippen LogP contribution < -0.4 is 11.1 Å². The molecule has 7 nitrogen and oxygen atoms in total. The minimum Gasteiger partial charge on any atom is -0.461 e. The Balaban J connectivity index is 2.20. The molecule has 1 aromatic carbocycles. The van der Waals surface area contributed by atoms with Gasteiger partial charge in [0.2, 0.25) is 5.91 Å². The van der Waals surface area contributed by atoms with Gasteiger partial charge in [0.05, 0.1) is 25.6 Å². The number of methoxy groups -OCH3 is 1. The Morgan fingerprint density at radius 1 is 1.16 bits per heavy atom. The summed E-state index contributed by atoms with van der Waals surface area (Å²) < 4.78 is 15.4. The normalized spacial score (nSPS) is 11.8. The van der Waals surface area contributed by atoms with Gasteiger partial charge in [0.25, 0.3) is 0 Å². The van der Waals surface area contributed by atoms with Gasteiger partial charge in [-0.3, -0.25) is 9.59 Å². The van der Waals surface area contributed by atoms with Gasteiger partial charge in [-0.15, -0.1) is 0 Å². The first-order valence-corrected chi connectivity index (χ1v) is 8.41. The van der Waals surface area contributed by atoms with Gasteiger partial charge in [0.1, 0.15) is 6.61 Å². The van der Waals surface area contributed by atoms with Gasteiger partial charge in [-0.05, 0) is 12.0 Å². The van der Waals surface area contributed by atoms with Gasteiger partial charge in [-0.25, -0.2) is 0 Å². The number of carbonyl (C=O) groups excluding carboxylic acids is 2. The molecule has 0 heterocycles. The van der Waals surface area contributed by atoms with Crippen molar-refractivity contribution in [2.45, 2.75) is 19.4 Å². The Morgan fingerprint density at radius 2 is 1.92 bits per heavy atom. The number of rotatable bonds is 13. The second-order valence-electron chi connectivity index (χ2n) is 5.53. The summed E-state index contributed by atoms with van der Waals surface area (Å²) in [6.45, 7) is 2.38. The average molecular weight is 352 g/mol. The number of nitrogens with one attached hydrogen (secondary N) is 1. The maximum absolute atomic E-state index is 12.1. The number of amides is 1. The van der Waals surface area contributed by atoms with E-state index in [9.17, 15) is 9.59 Å². The second-order valence-corrected chi connectivity index (χ2v) is 5.53. The van der Waals surface area contributed by atoms with Gasteiger partial charge in [-0.2, -0.15) is 0 Å². The summed E-state index contributed by atoms with van der Waals surface area (Å²) in [5.41, 5.74) is 6.51. The fourth-order valence-electron chi connectivity index (χ4n) is 2.06. The molecule has 1 aromatic rings. The van der Waals surface area contributed by atoms with E-state index in [1.54, 1.807) is 7.11 Å². The van der Waals surface area contributed by atoms with Crippen LogP contribution in [0.25, 0.3) is 0 Å². The van der Waals surface area contributed by atoms with Crippen LogP contribution in [0.5, 0.6) is 0 Å². The summed E-state index contributed by atoms with van der Waals surface area (Å²) in [6.07, 6.45) is 0.657. The first-order chi connectivity index (χ1) is 12.2. The Bertz CT molecular complexity index is 495. The largest absolute Gasteiger partial charge is 0.461 e. The summed E-state index contributed by atoms with van der Waals surface area (Å²) in [6, 6.07) is 9.38. The fraction of sp³-hybridized carbons (Fsp3) is 0.556. The van der Waals surface area contributed by atoms with Crippen LogP contribution in [0.3, 0.4) is 0 Å². The molecule has 0 saturated heterocycles. The van der Waals surface area contributed by atoms with Gasteiger partial charge in [-0.1, -0.05) is 30.3 Å². The fourth-order valence-corrected chi connectivity index (χ4v) is 2.06. The van der Waals surface area contributed by atoms with Crippen molar-refractivity contribution in [2.75, 3.05) is 40.0 Å². The van der Waals surface area contributed by atoms with Crippen molar-refractivity contribution < 1.29 is 23.8 Å². The van der Waals surface area contributed by atoms with Gasteiger partial charge in [0.15, 0.2) is 0 Å². The summed E-state index contributed by atoms with van der Waals surface area (Å²) in [5.74, 6) is -1.26. The molecule has 1 unspecified atom stereocenters. The number of hydrogen-bond donors (Lipinski definition) is 2. The zero-order valence-corrected chi connectivity index (χ0v) is 14.7. The van der Waals surface area contributed by atoms with Crippen molar-refractivity contribution in [3.63, 3.8) is 0 Å². The lowest BCUT2D eigenvalue weighted by molar-refractivity contribution is -0.148. The predicted octanol–water partition coefficient (Wildman–Crippen LogP) is 0.864. The number of benzene rings is 1. The molecule has 0 aromatic heterocycles. The molecule has 3 N–H and O–H groups in total. The van der Waals surface area contributed by atoms with Crippen LogP contribution in [0.2, 0.25) is 0 Å². The maximum atomic E-state index is 12.1. The lowest BCUT2D eigenvalue weighted by atomic mass is 10.1. The van der Waals surface area contributed by atoms with E-state index in [0.29, 0.717) is 32.8 Å². The van der Waals surface area contributed by atoms with Crippen molar-refractivity contribution in [3.05, 3.63) is 35.9 Å². The lowest BCUT2D eigenvalue weighted by Gasteiger charge is -2.14. The van der Waals surface area contributed by atoms with E-state index in [4.69, 9.17) is 19.9 Å². The van der Waals surface area contributed by atoms with Crippen LogP contribution >= 0.6 is 0 Å². The van der Waals surface area contributed by atoms with Crippen LogP contribution in [-0.4, -0.2) is 51.9 Å². The zero-order valence-electron chi connectivity index (χ0n) is 14.7. The van der Waals surface area contributed by atoms with Crippen molar-refractivity contribution in [1.29, 1.82) is 0 Å². The molecule has 0 aliphatic carbocycles. The molecule has 0 fully saturated rings. The molecule has 0 aliphatic heterocycles. The van der Waals surface area contributed by atoms with Crippen LogP contribution in [0.4, 0.5) is 0 Å². The highest BCUT2D eigenvalue weighted by molar-refractivity contribution is 5.83. The van der Waals surface area contributed by atoms with Crippen LogP contribution in [0.1, 0.15) is 18.4 Å². The molecule has 1 rings (SSSR count). The molecule has 1 atom stereocenters. The molecule has 0 radical (unpaired) electrons. The number of esters is 1. The Kier molecular flexibility index (Phi) is 11.3. The SMILES string of the molecule is COCCOCCCNC(=O)C(CN)CC(=O)OCc1ccccc1. The number of hydrogen-bond acceptors (Lipinski definition) is 6. The molecule has 25 heavy (non-hydrogen) atoms. The average Bonchev–Trinajstić information content (AvgIpc) is 2.64. The third-order valence-corrected chi connectivity index (χ3v) is 3.51. The predicted molar refractivity (Wildman–Crippen MR) is 93.7 cm³/mol. The highest BCUT2D eigenvalue weighted by atomic mass is 16.5. The van der Waals surface area contributed by atoms with Crippen LogP contribution in [0.15, 0.2) is 30.3 Å². The molecule has 140 valence electrons. The molecule has 0 aliphatic rings. The Hall–Kier alpha value is -1.96. The monoisotopic (exact) mass is 352 g/mol. The summed E-state index contributed by atoms with van der Waals surface area (Å²) in [4.78, 5) is 23.9. The highest BCUT2D eigenvalue weighted by Crippen LogP contribution is 2.06. The number of carbonyl (C=O) groups is 2. The second kappa shape index (κ2) is 13.3. The summed E-state index contributed by atoms with van der Waals surface area (Å²) in [7, 11) is 1.61. The van der Waals surface area contributed by atoms with E-state index >= 15 is 0 Å². The van der Waals surface area contributed by atoms with E-state index in [1.807, 2.05) is 30.3 Å². The van der Waals surface area contributed by atoms with E-state index in [2.05, 4.69) is 5.32 Å². The van der Waals surface area contributed by atoms with Gasteiger partial charge in [0, 0.05) is 26.8 Å². The van der Waals surface area contributed by atoms with Gasteiger partial charge < -0.3 is 25.3 Å².